The summed E-state index contributed by atoms with van der Waals surface area (Å²) in [6.45, 7) is 4.44. The predicted octanol–water partition coefficient (Wildman–Crippen LogP) is 24.0. The van der Waals surface area contributed by atoms with Crippen LogP contribution < -0.4 is 0 Å². The summed E-state index contributed by atoms with van der Waals surface area (Å²) in [6.07, 6.45) is 90.7. The van der Waals surface area contributed by atoms with Crippen molar-refractivity contribution >= 4 is 39.5 Å². The standard InChI is InChI=1S/C87H144O17P2/c1-5-9-13-17-21-25-29-33-36-39-40-43-45-49-52-56-60-64-68-72-85(90)97-77-82(103-86(91)73-69-65-61-57-53-47-32-28-24-20-16-12-8-4)79-101-105(93,94)99-75-81(88)76-100-106(95,96)102-80-83(104-87(92)74-70-66-62-58-54-50-46-42-38-35-31-27-23-19-15-11-7-3)78-98-84(89)71-67-63-59-55-51-48-44-41-37-34-30-26-22-18-14-10-6-2/h9-11,13-15,21-23,25-28,32-38,40,43-44,46,48,50,81-83,88H,5-8,12,16-20,24,29-31,39,41-42,45,47,49,51-80H2,1-4H3,(H,93,94)(H,95,96)/b13-9-,14-10-,15-11-,25-21-,26-22-,27-23-,32-28-,36-33-,37-34-,38-35-,43-40-,48-44-,50-46-. The van der Waals surface area contributed by atoms with Gasteiger partial charge in [-0.05, 0) is 167 Å². The quantitative estimate of drug-likeness (QED) is 0.0169. The normalized spacial score (nSPS) is 14.7. The van der Waals surface area contributed by atoms with Gasteiger partial charge in [-0.15, -0.1) is 0 Å². The van der Waals surface area contributed by atoms with Gasteiger partial charge in [-0.3, -0.25) is 37.3 Å². The van der Waals surface area contributed by atoms with Crippen molar-refractivity contribution in [1.29, 1.82) is 0 Å². The molecule has 0 saturated carbocycles. The number of rotatable bonds is 75. The number of phosphoric ester groups is 2. The number of carbonyl (C=O) groups is 4. The number of aliphatic hydroxyl groups is 1. The van der Waals surface area contributed by atoms with Gasteiger partial charge in [0.25, 0.3) is 0 Å². The Morgan fingerprint density at radius 3 is 0.764 bits per heavy atom. The maximum Gasteiger partial charge on any atom is 0.472 e. The maximum atomic E-state index is 13.1. The van der Waals surface area contributed by atoms with Gasteiger partial charge in [-0.2, -0.15) is 0 Å². The molecule has 0 aliphatic rings. The Labute approximate surface area is 642 Å². The van der Waals surface area contributed by atoms with Crippen molar-refractivity contribution in [3.63, 3.8) is 0 Å². The van der Waals surface area contributed by atoms with E-state index in [-0.39, 0.29) is 25.7 Å². The lowest BCUT2D eigenvalue weighted by Crippen LogP contribution is -2.30. The Balaban J connectivity index is 5.42. The van der Waals surface area contributed by atoms with Crippen LogP contribution in [0.15, 0.2) is 158 Å². The molecule has 17 nitrogen and oxygen atoms in total. The fourth-order valence-corrected chi connectivity index (χ4v) is 11.9. The SMILES string of the molecule is CC/C=C\C/C=C\C/C=C\C/C=C\CCCCCCCCC(=O)OCC(COP(=O)(O)OCC(O)COP(=O)(O)OCC(COC(=O)CCCCCC/C=C\C/C=C\C/C=C\C/C=C\CC)OC(=O)CCCCCC/C=C\C/C=C\C/C=C\C/C=C\CC)OC(=O)CCCCCCC/C=C\CCCCCC. The molecule has 5 atom stereocenters. The van der Waals surface area contributed by atoms with Crippen LogP contribution in [0.5, 0.6) is 0 Å². The summed E-state index contributed by atoms with van der Waals surface area (Å²) in [7, 11) is -9.99. The van der Waals surface area contributed by atoms with Crippen LogP contribution in [0, 0.1) is 0 Å². The van der Waals surface area contributed by atoms with Gasteiger partial charge < -0.3 is 33.8 Å². The third kappa shape index (κ3) is 76.9. The lowest BCUT2D eigenvalue weighted by molar-refractivity contribution is -0.161. The van der Waals surface area contributed by atoms with Gasteiger partial charge in [0.05, 0.1) is 26.4 Å². The first-order chi connectivity index (χ1) is 51.7. The average Bonchev–Trinajstić information content (AvgIpc) is 0.900. The molecule has 0 bridgehead atoms. The van der Waals surface area contributed by atoms with Gasteiger partial charge >= 0.3 is 39.5 Å². The Kier molecular flexibility index (Phi) is 73.9. The zero-order valence-corrected chi connectivity index (χ0v) is 67.8. The molecule has 19 heteroatoms. The van der Waals surface area contributed by atoms with Gasteiger partial charge in [0.15, 0.2) is 12.2 Å². The Morgan fingerprint density at radius 2 is 0.491 bits per heavy atom. The molecule has 0 aromatic heterocycles. The van der Waals surface area contributed by atoms with E-state index < -0.39 is 97.5 Å². The minimum Gasteiger partial charge on any atom is -0.462 e. The monoisotopic (exact) mass is 1520 g/mol. The summed E-state index contributed by atoms with van der Waals surface area (Å²) in [5, 5.41) is 10.7. The Bertz CT molecular complexity index is 2630. The zero-order valence-electron chi connectivity index (χ0n) is 66.1. The second-order valence-corrected chi connectivity index (χ2v) is 29.5. The molecule has 0 aromatic carbocycles. The topological polar surface area (TPSA) is 237 Å². The lowest BCUT2D eigenvalue weighted by atomic mass is 10.1. The average molecular weight is 1520 g/mol. The molecule has 0 aromatic rings. The largest absolute Gasteiger partial charge is 0.472 e. The number of ether oxygens (including phenoxy) is 4. The predicted molar refractivity (Wildman–Crippen MR) is 436 cm³/mol. The minimum atomic E-state index is -5.00. The van der Waals surface area contributed by atoms with E-state index in [0.29, 0.717) is 25.7 Å². The highest BCUT2D eigenvalue weighted by atomic mass is 31.2. The summed E-state index contributed by atoms with van der Waals surface area (Å²) in [5.41, 5.74) is 0. The fourth-order valence-electron chi connectivity index (χ4n) is 10.4. The van der Waals surface area contributed by atoms with Gasteiger partial charge in [-0.25, -0.2) is 9.13 Å². The van der Waals surface area contributed by atoms with Gasteiger partial charge in [0, 0.05) is 25.7 Å². The third-order valence-electron chi connectivity index (χ3n) is 16.5. The molecule has 0 fully saturated rings. The number of carbonyl (C=O) groups excluding carboxylic acids is 4. The van der Waals surface area contributed by atoms with Crippen molar-refractivity contribution in [2.75, 3.05) is 39.6 Å². The van der Waals surface area contributed by atoms with Crippen molar-refractivity contribution in [2.45, 2.75) is 329 Å². The van der Waals surface area contributed by atoms with E-state index in [0.717, 1.165) is 205 Å². The lowest BCUT2D eigenvalue weighted by Gasteiger charge is -2.21. The second kappa shape index (κ2) is 77.8. The first kappa shape index (κ1) is 101. The highest BCUT2D eigenvalue weighted by molar-refractivity contribution is 7.47. The molecule has 106 heavy (non-hydrogen) atoms. The summed E-state index contributed by atoms with van der Waals surface area (Å²) in [5.74, 6) is -2.26. The molecule has 0 spiro atoms. The zero-order chi connectivity index (χ0) is 77.4. The van der Waals surface area contributed by atoms with Crippen LogP contribution in [0.1, 0.15) is 310 Å². The Hall–Kier alpha value is -5.32. The van der Waals surface area contributed by atoms with Crippen molar-refractivity contribution in [3.05, 3.63) is 158 Å². The first-order valence-corrected chi connectivity index (χ1v) is 43.7. The van der Waals surface area contributed by atoms with E-state index in [1.807, 2.05) is 0 Å². The molecule has 0 amide bonds. The van der Waals surface area contributed by atoms with Gasteiger partial charge in [-0.1, -0.05) is 276 Å². The third-order valence-corrected chi connectivity index (χ3v) is 18.4. The molecule has 0 radical (unpaired) electrons. The van der Waals surface area contributed by atoms with Gasteiger partial charge in [0.1, 0.15) is 19.3 Å². The fraction of sp³-hybridized carbons (Fsp3) is 0.655. The first-order valence-electron chi connectivity index (χ1n) is 40.7. The summed E-state index contributed by atoms with van der Waals surface area (Å²) in [6, 6.07) is 0. The summed E-state index contributed by atoms with van der Waals surface area (Å²) in [4.78, 5) is 73.1. The van der Waals surface area contributed by atoms with E-state index in [1.54, 1.807) is 0 Å². The molecule has 0 saturated heterocycles. The molecule has 3 N–H and O–H groups in total. The summed E-state index contributed by atoms with van der Waals surface area (Å²) >= 11 is 0. The van der Waals surface area contributed by atoms with Crippen molar-refractivity contribution in [2.24, 2.45) is 0 Å². The van der Waals surface area contributed by atoms with Crippen molar-refractivity contribution < 1.29 is 80.2 Å². The van der Waals surface area contributed by atoms with E-state index in [2.05, 4.69) is 186 Å². The number of aliphatic hydroxyl groups excluding tert-OH is 1. The van der Waals surface area contributed by atoms with Crippen LogP contribution in [-0.2, 0) is 65.4 Å². The molecule has 604 valence electrons. The number of hydrogen-bond acceptors (Lipinski definition) is 15. The van der Waals surface area contributed by atoms with Crippen LogP contribution in [0.25, 0.3) is 0 Å². The molecule has 0 aliphatic heterocycles. The van der Waals surface area contributed by atoms with Crippen LogP contribution in [0.2, 0.25) is 0 Å². The molecule has 0 heterocycles. The van der Waals surface area contributed by atoms with Crippen LogP contribution >= 0.6 is 15.6 Å². The Morgan fingerprint density at radius 1 is 0.274 bits per heavy atom. The van der Waals surface area contributed by atoms with E-state index in [9.17, 15) is 43.2 Å². The second-order valence-electron chi connectivity index (χ2n) is 26.6. The number of phosphoric acid groups is 2. The number of hydrogen-bond donors (Lipinski definition) is 3. The molecule has 5 unspecified atom stereocenters. The number of allylic oxidation sites excluding steroid dienone is 26. The van der Waals surface area contributed by atoms with E-state index >= 15 is 0 Å². The number of unbranched alkanes of at least 4 members (excludes halogenated alkanes) is 23. The maximum absolute atomic E-state index is 13.1. The van der Waals surface area contributed by atoms with Gasteiger partial charge in [0.2, 0.25) is 0 Å². The molecular formula is C87H144O17P2. The smallest absolute Gasteiger partial charge is 0.462 e. The van der Waals surface area contributed by atoms with Crippen LogP contribution in [-0.4, -0.2) is 96.7 Å². The van der Waals surface area contributed by atoms with Crippen molar-refractivity contribution in [1.82, 2.24) is 0 Å². The van der Waals surface area contributed by atoms with E-state index in [1.165, 1.54) is 25.7 Å². The van der Waals surface area contributed by atoms with E-state index in [4.69, 9.17) is 37.0 Å². The van der Waals surface area contributed by atoms with Crippen molar-refractivity contribution in [3.8, 4) is 0 Å². The van der Waals surface area contributed by atoms with Crippen LogP contribution in [0.3, 0.4) is 0 Å². The highest BCUT2D eigenvalue weighted by Gasteiger charge is 2.30. The number of esters is 4. The molecule has 0 aliphatic carbocycles. The highest BCUT2D eigenvalue weighted by Crippen LogP contribution is 2.45. The summed E-state index contributed by atoms with van der Waals surface area (Å²) < 4.78 is 68.6. The minimum absolute atomic E-state index is 0.0560. The molecular weight excluding hydrogens is 1380 g/mol. The molecule has 0 rings (SSSR count). The van der Waals surface area contributed by atoms with Crippen LogP contribution in [0.4, 0.5) is 0 Å².